The van der Waals surface area contributed by atoms with E-state index >= 15 is 0 Å². The third-order valence-corrected chi connectivity index (χ3v) is 7.97. The molecule has 6 rings (SSSR count). The van der Waals surface area contributed by atoms with Crippen LogP contribution in [0.15, 0.2) is 71.1 Å². The van der Waals surface area contributed by atoms with Crippen molar-refractivity contribution in [1.82, 2.24) is 10.4 Å². The molecular formula is C23H17ClN4O2S2. The summed E-state index contributed by atoms with van der Waals surface area (Å²) in [6.45, 7) is 4.20. The molecule has 32 heavy (non-hydrogen) atoms. The van der Waals surface area contributed by atoms with Gasteiger partial charge >= 0.3 is 0 Å². The molecule has 9 heteroatoms. The molecular weight excluding hydrogens is 464 g/mol. The summed E-state index contributed by atoms with van der Waals surface area (Å²) in [5, 5.41) is 5.43. The number of benzene rings is 1. The van der Waals surface area contributed by atoms with Crippen molar-refractivity contribution in [1.29, 1.82) is 0 Å². The van der Waals surface area contributed by atoms with E-state index < -0.39 is 0 Å². The Kier molecular flexibility index (Phi) is 4.49. The van der Waals surface area contributed by atoms with Crippen LogP contribution < -0.4 is 5.43 Å². The Hall–Kier alpha value is -2.64. The van der Waals surface area contributed by atoms with Crippen molar-refractivity contribution < 1.29 is 9.21 Å². The average Bonchev–Trinajstić information content (AvgIpc) is 3.44. The van der Waals surface area contributed by atoms with Crippen LogP contribution in [0.1, 0.15) is 38.4 Å². The van der Waals surface area contributed by atoms with Gasteiger partial charge in [-0.15, -0.1) is 16.4 Å². The summed E-state index contributed by atoms with van der Waals surface area (Å²) in [6, 6.07) is 9.53. The zero-order valence-corrected chi connectivity index (χ0v) is 19.6. The third-order valence-electron chi connectivity index (χ3n) is 5.72. The Morgan fingerprint density at radius 2 is 2.16 bits per heavy atom. The topological polar surface area (TPSA) is 79.9 Å². The number of furan rings is 1. The molecule has 1 unspecified atom stereocenters. The minimum absolute atomic E-state index is 0.110. The molecule has 1 aromatic carbocycles. The van der Waals surface area contributed by atoms with Gasteiger partial charge in [0.05, 0.1) is 27.4 Å². The number of rotatable bonds is 3. The number of aliphatic imine (C=N–C) groups is 1. The molecule has 3 aromatic rings. The predicted octanol–water partition coefficient (Wildman–Crippen LogP) is 5.95. The molecule has 3 aliphatic rings. The Labute approximate surface area is 197 Å². The number of thiazole rings is 1. The van der Waals surface area contributed by atoms with Crippen LogP contribution in [0.4, 0.5) is 0 Å². The minimum atomic E-state index is -0.358. The molecule has 2 aliphatic heterocycles. The summed E-state index contributed by atoms with van der Waals surface area (Å²) in [5.74, 6) is 4.07. The highest BCUT2D eigenvalue weighted by Crippen LogP contribution is 2.48. The summed E-state index contributed by atoms with van der Waals surface area (Å²) in [5.41, 5.74) is 5.93. The van der Waals surface area contributed by atoms with Crippen LogP contribution in [0.5, 0.6) is 0 Å². The minimum Gasteiger partial charge on any atom is -0.453 e. The Morgan fingerprint density at radius 3 is 3.03 bits per heavy atom. The van der Waals surface area contributed by atoms with Gasteiger partial charge in [0.2, 0.25) is 0 Å². The number of Topliss-reactive ketones (excluding diaryl/α,β-unsaturated/α-hetero) is 1. The van der Waals surface area contributed by atoms with E-state index in [-0.39, 0.29) is 17.1 Å². The van der Waals surface area contributed by atoms with Crippen LogP contribution in [0.25, 0.3) is 10.2 Å². The molecule has 1 aliphatic carbocycles. The van der Waals surface area contributed by atoms with Gasteiger partial charge in [-0.2, -0.15) is 0 Å². The molecule has 1 N–H and O–H groups in total. The Morgan fingerprint density at radius 1 is 1.28 bits per heavy atom. The number of nitrogens with zero attached hydrogens (tertiary/aromatic N) is 3. The number of nitrogens with one attached hydrogen (secondary N) is 1. The number of aromatic nitrogens is 1. The van der Waals surface area contributed by atoms with Gasteiger partial charge in [-0.1, -0.05) is 25.4 Å². The summed E-state index contributed by atoms with van der Waals surface area (Å²) < 4.78 is 8.17. The van der Waals surface area contributed by atoms with E-state index in [0.29, 0.717) is 33.7 Å². The van der Waals surface area contributed by atoms with Crippen molar-refractivity contribution in [3.8, 4) is 0 Å². The lowest BCUT2D eigenvalue weighted by Gasteiger charge is -2.35. The number of hydrogen-bond donors (Lipinski definition) is 1. The van der Waals surface area contributed by atoms with Gasteiger partial charge in [0.1, 0.15) is 5.76 Å². The highest BCUT2D eigenvalue weighted by molar-refractivity contribution is 8.01. The normalized spacial score (nSPS) is 21.3. The SMILES string of the molecule is CC1(C)CC(=O)C2=C(C1)N=C1NN=C=C1C2c1ccc(Sc2nc3cc(Cl)ccc3s2)o1. The molecule has 2 aromatic heterocycles. The molecule has 160 valence electrons. The number of hydrogen-bond acceptors (Lipinski definition) is 8. The number of halogens is 1. The first kappa shape index (κ1) is 20.0. The number of amidine groups is 1. The maximum atomic E-state index is 13.2. The summed E-state index contributed by atoms with van der Waals surface area (Å²) in [6.07, 6.45) is 1.22. The largest absolute Gasteiger partial charge is 0.453 e. The molecule has 0 fully saturated rings. The highest BCUT2D eigenvalue weighted by atomic mass is 35.5. The van der Waals surface area contributed by atoms with Gasteiger partial charge in [0, 0.05) is 22.9 Å². The molecule has 0 bridgehead atoms. The first-order chi connectivity index (χ1) is 15.4. The van der Waals surface area contributed by atoms with Crippen LogP contribution in [0.3, 0.4) is 0 Å². The second-order valence-electron chi connectivity index (χ2n) is 8.79. The monoisotopic (exact) mass is 480 g/mol. The molecule has 4 heterocycles. The van der Waals surface area contributed by atoms with Crippen LogP contribution in [-0.4, -0.2) is 22.5 Å². The highest BCUT2D eigenvalue weighted by Gasteiger charge is 2.43. The lowest BCUT2D eigenvalue weighted by molar-refractivity contribution is -0.118. The Bertz CT molecular complexity index is 1440. The molecule has 0 amide bonds. The molecule has 0 saturated heterocycles. The summed E-state index contributed by atoms with van der Waals surface area (Å²) in [4.78, 5) is 22.5. The van der Waals surface area contributed by atoms with Crippen molar-refractivity contribution >= 4 is 62.4 Å². The number of allylic oxidation sites excluding steroid dienone is 2. The van der Waals surface area contributed by atoms with Gasteiger partial charge < -0.3 is 4.42 Å². The average molecular weight is 481 g/mol. The summed E-state index contributed by atoms with van der Waals surface area (Å²) in [7, 11) is 0. The van der Waals surface area contributed by atoms with Crippen LogP contribution in [0, 0.1) is 5.41 Å². The van der Waals surface area contributed by atoms with Gasteiger partial charge in [-0.05, 0) is 53.9 Å². The quantitative estimate of drug-likeness (QED) is 0.501. The second kappa shape index (κ2) is 7.18. The predicted molar refractivity (Wildman–Crippen MR) is 127 cm³/mol. The van der Waals surface area contributed by atoms with E-state index in [2.05, 4.69) is 35.2 Å². The van der Waals surface area contributed by atoms with E-state index in [1.807, 2.05) is 30.3 Å². The van der Waals surface area contributed by atoms with Crippen molar-refractivity contribution in [2.24, 2.45) is 15.5 Å². The van der Waals surface area contributed by atoms with Gasteiger partial charge in [-0.3, -0.25) is 10.2 Å². The van der Waals surface area contributed by atoms with Crippen LogP contribution in [-0.2, 0) is 4.79 Å². The molecule has 0 saturated carbocycles. The number of ketones is 1. The first-order valence-electron chi connectivity index (χ1n) is 10.1. The maximum Gasteiger partial charge on any atom is 0.167 e. The summed E-state index contributed by atoms with van der Waals surface area (Å²) >= 11 is 9.13. The lowest BCUT2D eigenvalue weighted by Crippen LogP contribution is -2.34. The smallest absolute Gasteiger partial charge is 0.167 e. The third kappa shape index (κ3) is 3.35. The fourth-order valence-electron chi connectivity index (χ4n) is 4.39. The number of fused-ring (bicyclic) bond motifs is 2. The number of carbonyl (C=O) groups is 1. The van der Waals surface area contributed by atoms with Crippen LogP contribution in [0.2, 0.25) is 5.02 Å². The van der Waals surface area contributed by atoms with Gasteiger partial charge in [0.25, 0.3) is 0 Å². The van der Waals surface area contributed by atoms with E-state index in [9.17, 15) is 4.79 Å². The molecule has 1 atom stereocenters. The van der Waals surface area contributed by atoms with Crippen molar-refractivity contribution in [2.75, 3.05) is 0 Å². The zero-order valence-electron chi connectivity index (χ0n) is 17.2. The fraction of sp³-hybridized carbons (Fsp3) is 0.261. The molecule has 6 nitrogen and oxygen atoms in total. The van der Waals surface area contributed by atoms with E-state index in [1.165, 1.54) is 11.8 Å². The number of carbonyl (C=O) groups excluding carboxylic acids is 1. The number of hydrazone groups is 1. The lowest BCUT2D eigenvalue weighted by atomic mass is 9.70. The van der Waals surface area contributed by atoms with Gasteiger partial charge in [-0.25, -0.2) is 9.98 Å². The maximum absolute atomic E-state index is 13.2. The van der Waals surface area contributed by atoms with E-state index in [1.54, 1.807) is 11.3 Å². The van der Waals surface area contributed by atoms with Crippen molar-refractivity contribution in [3.63, 3.8) is 0 Å². The van der Waals surface area contributed by atoms with E-state index in [4.69, 9.17) is 21.0 Å². The van der Waals surface area contributed by atoms with E-state index in [0.717, 1.165) is 32.2 Å². The fourth-order valence-corrected chi connectivity index (χ4v) is 6.50. The van der Waals surface area contributed by atoms with Gasteiger partial charge in [0.15, 0.2) is 21.1 Å². The van der Waals surface area contributed by atoms with Crippen LogP contribution >= 0.6 is 34.7 Å². The first-order valence-corrected chi connectivity index (χ1v) is 12.1. The zero-order chi connectivity index (χ0) is 22.0. The Balaban J connectivity index is 1.36. The standard InChI is InChI=1S/C23H17ClN4O2S2/c1-23(2)8-14-20(15(29)9-23)19(12-10-25-28-21(12)26-14)16-4-6-18(30-16)32-22-27-13-7-11(24)3-5-17(13)31-22/h3-7,19H,8-9H2,1-2H3,(H,26,28). The van der Waals surface area contributed by atoms with Crippen molar-refractivity contribution in [2.45, 2.75) is 42.0 Å². The second-order valence-corrected chi connectivity index (χ2v) is 11.5. The molecule has 0 spiro atoms. The van der Waals surface area contributed by atoms with Crippen molar-refractivity contribution in [3.05, 3.63) is 58.0 Å². The molecule has 0 radical (unpaired) electrons.